The second-order valence-corrected chi connectivity index (χ2v) is 10.7. The van der Waals surface area contributed by atoms with E-state index in [1.165, 1.54) is 0 Å². The van der Waals surface area contributed by atoms with E-state index in [9.17, 15) is 0 Å². The lowest BCUT2D eigenvalue weighted by Crippen LogP contribution is -2.32. The normalized spacial score (nSPS) is 19.5. The maximum atomic E-state index is 5.77. The van der Waals surface area contributed by atoms with Gasteiger partial charge in [-0.3, -0.25) is 4.98 Å². The number of fused-ring (bicyclic) bond motifs is 1. The molecule has 0 radical (unpaired) electrons. The van der Waals surface area contributed by atoms with Crippen LogP contribution in [0.1, 0.15) is 51.4 Å². The predicted molar refractivity (Wildman–Crippen MR) is 139 cm³/mol. The summed E-state index contributed by atoms with van der Waals surface area (Å²) in [5.41, 5.74) is 3.58. The van der Waals surface area contributed by atoms with Gasteiger partial charge in [-0.2, -0.15) is 4.98 Å². The average Bonchev–Trinajstić information content (AvgIpc) is 3.45. The molecule has 1 fully saturated rings. The Hall–Kier alpha value is -2.36. The van der Waals surface area contributed by atoms with Crippen molar-refractivity contribution < 1.29 is 9.47 Å². The van der Waals surface area contributed by atoms with Gasteiger partial charge < -0.3 is 20.1 Å². The number of ether oxygens (including phenoxy) is 2. The first kappa shape index (κ1) is 24.8. The van der Waals surface area contributed by atoms with E-state index in [0.717, 1.165) is 57.3 Å². The van der Waals surface area contributed by atoms with Crippen LogP contribution in [0.3, 0.4) is 0 Å². The van der Waals surface area contributed by atoms with Crippen LogP contribution in [0.25, 0.3) is 20.8 Å². The molecule has 3 unspecified atom stereocenters. The van der Waals surface area contributed by atoms with E-state index in [-0.39, 0.29) is 11.7 Å². The quantitative estimate of drug-likeness (QED) is 0.427. The van der Waals surface area contributed by atoms with Crippen LogP contribution in [-0.4, -0.2) is 58.4 Å². The Balaban J connectivity index is 1.69. The van der Waals surface area contributed by atoms with Crippen molar-refractivity contribution in [1.82, 2.24) is 19.9 Å². The van der Waals surface area contributed by atoms with Crippen LogP contribution in [0.4, 0.5) is 11.8 Å². The van der Waals surface area contributed by atoms with E-state index in [1.54, 1.807) is 25.6 Å². The summed E-state index contributed by atoms with van der Waals surface area (Å²) < 4.78 is 12.3. The van der Waals surface area contributed by atoms with Gasteiger partial charge in [-0.25, -0.2) is 9.97 Å². The highest BCUT2D eigenvalue weighted by Crippen LogP contribution is 2.40. The Bertz CT molecular complexity index is 1150. The Morgan fingerprint density at radius 2 is 1.94 bits per heavy atom. The van der Waals surface area contributed by atoms with Crippen LogP contribution in [-0.2, 0) is 9.47 Å². The second kappa shape index (κ2) is 10.1. The third-order valence-corrected chi connectivity index (χ3v) is 8.06. The molecule has 0 bridgehead atoms. The predicted octanol–water partition coefficient (Wildman–Crippen LogP) is 5.22. The fourth-order valence-electron chi connectivity index (χ4n) is 4.52. The number of hydrogen-bond acceptors (Lipinski definition) is 9. The number of thiazole rings is 1. The van der Waals surface area contributed by atoms with E-state index in [1.807, 2.05) is 33.0 Å². The second-order valence-electron chi connectivity index (χ2n) is 9.70. The van der Waals surface area contributed by atoms with E-state index in [0.29, 0.717) is 24.5 Å². The Morgan fingerprint density at radius 3 is 2.65 bits per heavy atom. The SMILES string of the molecule is COC(C)CNc1nc(C)c(-c2nc3c(C)nccc3s2)c(NC2CCC(C(C)(C)OC)C2)n1. The van der Waals surface area contributed by atoms with Gasteiger partial charge in [0.15, 0.2) is 0 Å². The third-order valence-electron chi connectivity index (χ3n) is 7.03. The van der Waals surface area contributed by atoms with Gasteiger partial charge in [-0.1, -0.05) is 0 Å². The zero-order valence-electron chi connectivity index (χ0n) is 21.2. The van der Waals surface area contributed by atoms with Crippen molar-refractivity contribution in [2.24, 2.45) is 5.92 Å². The summed E-state index contributed by atoms with van der Waals surface area (Å²) in [6.07, 6.45) is 5.14. The van der Waals surface area contributed by atoms with Gasteiger partial charge in [0.2, 0.25) is 5.95 Å². The van der Waals surface area contributed by atoms with Crippen molar-refractivity contribution in [2.75, 3.05) is 31.4 Å². The molecule has 3 heterocycles. The molecular weight excluding hydrogens is 448 g/mol. The lowest BCUT2D eigenvalue weighted by Gasteiger charge is -2.30. The van der Waals surface area contributed by atoms with Gasteiger partial charge in [0.05, 0.1) is 33.4 Å². The monoisotopic (exact) mass is 484 g/mol. The average molecular weight is 485 g/mol. The molecule has 3 aromatic rings. The molecule has 3 atom stereocenters. The molecule has 34 heavy (non-hydrogen) atoms. The minimum Gasteiger partial charge on any atom is -0.380 e. The molecule has 2 N–H and O–H groups in total. The molecule has 184 valence electrons. The number of methoxy groups -OCH3 is 2. The van der Waals surface area contributed by atoms with Gasteiger partial charge in [-0.05, 0) is 65.9 Å². The van der Waals surface area contributed by atoms with Crippen LogP contribution in [0.5, 0.6) is 0 Å². The van der Waals surface area contributed by atoms with Crippen molar-refractivity contribution >= 4 is 33.3 Å². The van der Waals surface area contributed by atoms with Gasteiger partial charge >= 0.3 is 0 Å². The first-order valence-corrected chi connectivity index (χ1v) is 12.7. The number of nitrogens with one attached hydrogen (secondary N) is 2. The minimum absolute atomic E-state index is 0.0617. The van der Waals surface area contributed by atoms with Crippen molar-refractivity contribution in [3.05, 3.63) is 23.7 Å². The van der Waals surface area contributed by atoms with Crippen molar-refractivity contribution in [3.8, 4) is 10.6 Å². The van der Waals surface area contributed by atoms with Crippen molar-refractivity contribution in [1.29, 1.82) is 0 Å². The highest BCUT2D eigenvalue weighted by molar-refractivity contribution is 7.21. The Labute approximate surface area is 205 Å². The number of rotatable bonds is 9. The van der Waals surface area contributed by atoms with Crippen molar-refractivity contribution in [2.45, 2.75) is 71.6 Å². The Kier molecular flexibility index (Phi) is 7.35. The molecule has 8 nitrogen and oxygen atoms in total. The Morgan fingerprint density at radius 1 is 1.15 bits per heavy atom. The van der Waals surface area contributed by atoms with Gasteiger partial charge in [0.1, 0.15) is 16.3 Å². The fraction of sp³-hybridized carbons (Fsp3) is 0.600. The van der Waals surface area contributed by atoms with Gasteiger partial charge in [0.25, 0.3) is 0 Å². The largest absolute Gasteiger partial charge is 0.380 e. The highest BCUT2D eigenvalue weighted by Gasteiger charge is 2.36. The molecule has 0 aliphatic heterocycles. The summed E-state index contributed by atoms with van der Waals surface area (Å²) in [5.74, 6) is 1.92. The van der Waals surface area contributed by atoms with Gasteiger partial charge in [-0.15, -0.1) is 11.3 Å². The highest BCUT2D eigenvalue weighted by atomic mass is 32.1. The van der Waals surface area contributed by atoms with Crippen LogP contribution in [0, 0.1) is 19.8 Å². The summed E-state index contributed by atoms with van der Waals surface area (Å²) in [5, 5.41) is 7.98. The lowest BCUT2D eigenvalue weighted by molar-refractivity contribution is -0.0258. The van der Waals surface area contributed by atoms with Gasteiger partial charge in [0, 0.05) is 33.0 Å². The summed E-state index contributed by atoms with van der Waals surface area (Å²) >= 11 is 1.66. The molecule has 1 saturated carbocycles. The lowest BCUT2D eigenvalue weighted by atomic mass is 9.89. The molecule has 3 aromatic heterocycles. The van der Waals surface area contributed by atoms with Crippen LogP contribution >= 0.6 is 11.3 Å². The van der Waals surface area contributed by atoms with Crippen LogP contribution in [0.15, 0.2) is 12.3 Å². The summed E-state index contributed by atoms with van der Waals surface area (Å²) in [4.78, 5) is 19.0. The molecule has 1 aliphatic carbocycles. The minimum atomic E-state index is -0.137. The summed E-state index contributed by atoms with van der Waals surface area (Å²) in [7, 11) is 3.51. The standard InChI is InChI=1S/C25H36N6O2S/c1-14(32-6)13-27-24-28-15(2)20(23-30-21-16(3)26-11-10-19(21)34-23)22(31-24)29-18-9-8-17(12-18)25(4,5)33-7/h10-11,14,17-18H,8-9,12-13H2,1-7H3,(H2,27,28,29,31). The van der Waals surface area contributed by atoms with E-state index in [4.69, 9.17) is 24.4 Å². The summed E-state index contributed by atoms with van der Waals surface area (Å²) in [6, 6.07) is 2.33. The van der Waals surface area contributed by atoms with E-state index >= 15 is 0 Å². The van der Waals surface area contributed by atoms with Crippen LogP contribution < -0.4 is 10.6 Å². The van der Waals surface area contributed by atoms with Crippen molar-refractivity contribution in [3.63, 3.8) is 0 Å². The zero-order valence-corrected chi connectivity index (χ0v) is 22.0. The number of pyridine rings is 1. The number of hydrogen-bond donors (Lipinski definition) is 2. The molecule has 0 spiro atoms. The maximum Gasteiger partial charge on any atom is 0.224 e. The first-order valence-electron chi connectivity index (χ1n) is 11.9. The maximum absolute atomic E-state index is 5.77. The number of aromatic nitrogens is 4. The summed E-state index contributed by atoms with van der Waals surface area (Å²) in [6.45, 7) is 11.0. The number of aryl methyl sites for hydroxylation is 2. The molecule has 9 heteroatoms. The molecule has 1 aliphatic rings. The molecule has 0 aromatic carbocycles. The molecule has 4 rings (SSSR count). The molecule has 0 saturated heterocycles. The smallest absolute Gasteiger partial charge is 0.224 e. The topological polar surface area (TPSA) is 94.1 Å². The third kappa shape index (κ3) is 5.16. The first-order chi connectivity index (χ1) is 16.2. The number of nitrogens with zero attached hydrogens (tertiary/aromatic N) is 4. The number of anilines is 2. The van der Waals surface area contributed by atoms with E-state index < -0.39 is 0 Å². The zero-order chi connectivity index (χ0) is 24.5. The fourth-order valence-corrected chi connectivity index (χ4v) is 5.63. The molecular formula is C25H36N6O2S. The van der Waals surface area contributed by atoms with E-state index in [2.05, 4.69) is 29.5 Å². The van der Waals surface area contributed by atoms with Crippen LogP contribution in [0.2, 0.25) is 0 Å². The molecule has 0 amide bonds.